The SMILES string of the molecule is COc1ccc([C@@H]2C[C@]3(C[C@H](c4ccc(F)cc4)N2)NCCc2[nH]c4ccccc4c23)cc1OC. The summed E-state index contributed by atoms with van der Waals surface area (Å²) in [6, 6.07) is 21.7. The van der Waals surface area contributed by atoms with E-state index in [-0.39, 0.29) is 23.4 Å². The van der Waals surface area contributed by atoms with Gasteiger partial charge < -0.3 is 25.1 Å². The normalized spacial score (nSPS) is 23.9. The highest BCUT2D eigenvalue weighted by atomic mass is 19.1. The molecule has 3 N–H and O–H groups in total. The molecule has 0 unspecified atom stereocenters. The summed E-state index contributed by atoms with van der Waals surface area (Å²) in [5.41, 5.74) is 5.87. The minimum absolute atomic E-state index is 0.0505. The van der Waals surface area contributed by atoms with Crippen molar-refractivity contribution in [3.05, 3.63) is 94.9 Å². The molecule has 1 aromatic heterocycles. The molecule has 2 aliphatic rings. The number of aromatic amines is 1. The number of hydrogen-bond acceptors (Lipinski definition) is 4. The van der Waals surface area contributed by atoms with Crippen molar-refractivity contribution in [1.82, 2.24) is 15.6 Å². The number of H-pyrrole nitrogens is 1. The zero-order valence-corrected chi connectivity index (χ0v) is 20.0. The van der Waals surface area contributed by atoms with Crippen LogP contribution in [0.1, 0.15) is 47.3 Å². The number of aromatic nitrogens is 1. The van der Waals surface area contributed by atoms with E-state index in [0.717, 1.165) is 36.9 Å². The molecule has 0 bridgehead atoms. The second-order valence-electron chi connectivity index (χ2n) is 9.63. The molecule has 3 heterocycles. The zero-order valence-electron chi connectivity index (χ0n) is 20.0. The quantitative estimate of drug-likeness (QED) is 0.366. The highest BCUT2D eigenvalue weighted by Crippen LogP contribution is 2.49. The Morgan fingerprint density at radius 2 is 1.57 bits per heavy atom. The number of para-hydroxylation sites is 1. The van der Waals surface area contributed by atoms with E-state index in [1.165, 1.54) is 22.2 Å². The first-order chi connectivity index (χ1) is 17.1. The van der Waals surface area contributed by atoms with Crippen LogP contribution in [0.15, 0.2) is 66.7 Å². The second kappa shape index (κ2) is 8.70. The summed E-state index contributed by atoms with van der Waals surface area (Å²) in [6.07, 6.45) is 2.73. The van der Waals surface area contributed by atoms with Crippen molar-refractivity contribution in [2.75, 3.05) is 20.8 Å². The molecule has 3 aromatic carbocycles. The Bertz CT molecular complexity index is 1370. The zero-order chi connectivity index (χ0) is 24.0. The molecule has 0 amide bonds. The maximum absolute atomic E-state index is 13.8. The number of nitrogens with one attached hydrogen (secondary N) is 3. The maximum Gasteiger partial charge on any atom is 0.161 e. The van der Waals surface area contributed by atoms with Crippen molar-refractivity contribution >= 4 is 10.9 Å². The summed E-state index contributed by atoms with van der Waals surface area (Å²) in [7, 11) is 3.32. The number of methoxy groups -OCH3 is 2. The molecule has 1 spiro atoms. The first-order valence-corrected chi connectivity index (χ1v) is 12.2. The Morgan fingerprint density at radius 3 is 2.34 bits per heavy atom. The summed E-state index contributed by atoms with van der Waals surface area (Å²) < 4.78 is 24.9. The van der Waals surface area contributed by atoms with Gasteiger partial charge in [0.15, 0.2) is 11.5 Å². The fourth-order valence-corrected chi connectivity index (χ4v) is 6.13. The first kappa shape index (κ1) is 22.1. The van der Waals surface area contributed by atoms with Crippen LogP contribution < -0.4 is 20.1 Å². The number of halogens is 1. The number of benzene rings is 3. The molecule has 6 rings (SSSR count). The van der Waals surface area contributed by atoms with Gasteiger partial charge in [-0.3, -0.25) is 0 Å². The largest absolute Gasteiger partial charge is 0.493 e. The predicted molar refractivity (Wildman–Crippen MR) is 135 cm³/mol. The van der Waals surface area contributed by atoms with Gasteiger partial charge in [0.1, 0.15) is 5.82 Å². The lowest BCUT2D eigenvalue weighted by Gasteiger charge is -2.48. The van der Waals surface area contributed by atoms with E-state index in [4.69, 9.17) is 9.47 Å². The minimum Gasteiger partial charge on any atom is -0.493 e. The molecule has 1 fully saturated rings. The average molecular weight is 472 g/mol. The topological polar surface area (TPSA) is 58.3 Å². The highest BCUT2D eigenvalue weighted by molar-refractivity contribution is 5.86. The van der Waals surface area contributed by atoms with Crippen LogP contribution in [0, 0.1) is 5.82 Å². The number of hydrogen-bond donors (Lipinski definition) is 3. The van der Waals surface area contributed by atoms with Crippen LogP contribution >= 0.6 is 0 Å². The number of rotatable bonds is 4. The molecule has 3 atom stereocenters. The van der Waals surface area contributed by atoms with Crippen molar-refractivity contribution in [3.8, 4) is 11.5 Å². The van der Waals surface area contributed by atoms with Crippen LogP contribution in [-0.4, -0.2) is 25.7 Å². The van der Waals surface area contributed by atoms with Crippen LogP contribution in [0.25, 0.3) is 10.9 Å². The van der Waals surface area contributed by atoms with Crippen LogP contribution in [0.5, 0.6) is 11.5 Å². The van der Waals surface area contributed by atoms with E-state index in [9.17, 15) is 4.39 Å². The Labute approximate surface area is 204 Å². The molecule has 4 aromatic rings. The van der Waals surface area contributed by atoms with E-state index < -0.39 is 0 Å². The lowest BCUT2D eigenvalue weighted by Crippen LogP contribution is -2.54. The summed E-state index contributed by atoms with van der Waals surface area (Å²) in [5, 5.41) is 9.09. The molecule has 35 heavy (non-hydrogen) atoms. The lowest BCUT2D eigenvalue weighted by atomic mass is 9.70. The molecular weight excluding hydrogens is 441 g/mol. The molecule has 0 aliphatic carbocycles. The van der Waals surface area contributed by atoms with Gasteiger partial charge in [0.25, 0.3) is 0 Å². The predicted octanol–water partition coefficient (Wildman–Crippen LogP) is 5.53. The summed E-state index contributed by atoms with van der Waals surface area (Å²) >= 11 is 0. The molecular formula is C29H30FN3O2. The third kappa shape index (κ3) is 3.77. The van der Waals surface area contributed by atoms with Crippen LogP contribution in [0.3, 0.4) is 0 Å². The Morgan fingerprint density at radius 1 is 0.857 bits per heavy atom. The molecule has 0 saturated carbocycles. The molecule has 2 aliphatic heterocycles. The van der Waals surface area contributed by atoms with Crippen molar-refractivity contribution in [1.29, 1.82) is 0 Å². The third-order valence-corrected chi connectivity index (χ3v) is 7.69. The van der Waals surface area contributed by atoms with Crippen molar-refractivity contribution in [2.45, 2.75) is 36.9 Å². The van der Waals surface area contributed by atoms with Gasteiger partial charge in [0.2, 0.25) is 0 Å². The lowest BCUT2D eigenvalue weighted by molar-refractivity contribution is 0.157. The highest BCUT2D eigenvalue weighted by Gasteiger charge is 2.46. The van der Waals surface area contributed by atoms with Crippen molar-refractivity contribution in [3.63, 3.8) is 0 Å². The van der Waals surface area contributed by atoms with Gasteiger partial charge >= 0.3 is 0 Å². The second-order valence-corrected chi connectivity index (χ2v) is 9.63. The number of piperidine rings is 1. The smallest absolute Gasteiger partial charge is 0.161 e. The fourth-order valence-electron chi connectivity index (χ4n) is 6.13. The van der Waals surface area contributed by atoms with E-state index >= 15 is 0 Å². The van der Waals surface area contributed by atoms with Gasteiger partial charge in [-0.15, -0.1) is 0 Å². The minimum atomic E-state index is -0.227. The first-order valence-electron chi connectivity index (χ1n) is 12.2. The monoisotopic (exact) mass is 471 g/mol. The Hall–Kier alpha value is -3.35. The molecule has 6 heteroatoms. The van der Waals surface area contributed by atoms with Crippen LogP contribution in [0.4, 0.5) is 4.39 Å². The summed E-state index contributed by atoms with van der Waals surface area (Å²) in [5.74, 6) is 1.21. The fraction of sp³-hybridized carbons (Fsp3) is 0.310. The van der Waals surface area contributed by atoms with Crippen LogP contribution in [0.2, 0.25) is 0 Å². The van der Waals surface area contributed by atoms with Gasteiger partial charge in [-0.1, -0.05) is 36.4 Å². The van der Waals surface area contributed by atoms with Crippen molar-refractivity contribution < 1.29 is 13.9 Å². The van der Waals surface area contributed by atoms with E-state index in [1.54, 1.807) is 26.4 Å². The molecule has 1 saturated heterocycles. The summed E-state index contributed by atoms with van der Waals surface area (Å²) in [6.45, 7) is 0.911. The van der Waals surface area contributed by atoms with E-state index in [0.29, 0.717) is 11.5 Å². The van der Waals surface area contributed by atoms with Gasteiger partial charge in [-0.25, -0.2) is 4.39 Å². The van der Waals surface area contributed by atoms with E-state index in [1.807, 2.05) is 18.2 Å². The Balaban J connectivity index is 1.49. The molecule has 0 radical (unpaired) electrons. The number of ether oxygens (including phenoxy) is 2. The van der Waals surface area contributed by atoms with E-state index in [2.05, 4.69) is 52.0 Å². The molecule has 5 nitrogen and oxygen atoms in total. The standard InChI is InChI=1S/C29H30FN3O2/c1-34-26-12-9-19(15-27(26)35-2)25-17-29(16-24(33-25)18-7-10-20(30)11-8-18)28-21-5-3-4-6-22(21)32-23(28)13-14-31-29/h3-12,15,24-25,31-33H,13-14,16-17H2,1-2H3/t24-,25+,29+/m1/s1. The summed E-state index contributed by atoms with van der Waals surface area (Å²) in [4.78, 5) is 3.69. The maximum atomic E-state index is 13.8. The third-order valence-electron chi connectivity index (χ3n) is 7.69. The van der Waals surface area contributed by atoms with Gasteiger partial charge in [0, 0.05) is 52.7 Å². The Kier molecular flexibility index (Phi) is 5.50. The van der Waals surface area contributed by atoms with Gasteiger partial charge in [-0.05, 0) is 54.3 Å². The molecule has 180 valence electrons. The average Bonchev–Trinajstić information content (AvgIpc) is 3.28. The van der Waals surface area contributed by atoms with Crippen LogP contribution in [-0.2, 0) is 12.0 Å². The van der Waals surface area contributed by atoms with Gasteiger partial charge in [0.05, 0.1) is 14.2 Å². The van der Waals surface area contributed by atoms with Gasteiger partial charge in [-0.2, -0.15) is 0 Å². The van der Waals surface area contributed by atoms with Crippen molar-refractivity contribution in [2.24, 2.45) is 0 Å². The number of fused-ring (bicyclic) bond motifs is 4.